The van der Waals surface area contributed by atoms with Crippen LogP contribution in [0.5, 0.6) is 0 Å². The van der Waals surface area contributed by atoms with Crippen LogP contribution in [0.25, 0.3) is 0 Å². The van der Waals surface area contributed by atoms with Crippen LogP contribution in [0.15, 0.2) is 24.3 Å². The van der Waals surface area contributed by atoms with E-state index in [1.54, 1.807) is 25.1 Å². The van der Waals surface area contributed by atoms with Crippen molar-refractivity contribution in [1.82, 2.24) is 5.32 Å². The van der Waals surface area contributed by atoms with Crippen molar-refractivity contribution < 1.29 is 9.18 Å². The van der Waals surface area contributed by atoms with E-state index in [-0.39, 0.29) is 30.6 Å². The molecule has 16 heavy (non-hydrogen) atoms. The van der Waals surface area contributed by atoms with Gasteiger partial charge >= 0.3 is 0 Å². The molecule has 0 fully saturated rings. The summed E-state index contributed by atoms with van der Waals surface area (Å²) in [5.74, 6) is -0.654. The van der Waals surface area contributed by atoms with Crippen molar-refractivity contribution in [3.8, 4) is 6.07 Å². The predicted molar refractivity (Wildman–Crippen MR) is 57.9 cm³/mol. The number of amides is 1. The molecule has 0 aromatic heterocycles. The zero-order valence-electron chi connectivity index (χ0n) is 9.03. The predicted octanol–water partition coefficient (Wildman–Crippen LogP) is 1.79. The standard InChI is InChI=1S/C12H13FN2O/c1-9(6-7-14)15-12(16)8-10-4-2-3-5-11(10)13/h2-5,9H,6,8H2,1H3,(H,15,16). The van der Waals surface area contributed by atoms with Crippen LogP contribution in [0.1, 0.15) is 18.9 Å². The Morgan fingerprint density at radius 1 is 1.56 bits per heavy atom. The highest BCUT2D eigenvalue weighted by atomic mass is 19.1. The Morgan fingerprint density at radius 3 is 2.88 bits per heavy atom. The molecule has 1 unspecified atom stereocenters. The van der Waals surface area contributed by atoms with Gasteiger partial charge in [-0.15, -0.1) is 0 Å². The van der Waals surface area contributed by atoms with Gasteiger partial charge in [0.25, 0.3) is 0 Å². The normalized spacial score (nSPS) is 11.6. The van der Waals surface area contributed by atoms with E-state index < -0.39 is 0 Å². The molecule has 0 aliphatic carbocycles. The molecule has 0 saturated heterocycles. The van der Waals surface area contributed by atoms with Gasteiger partial charge in [-0.1, -0.05) is 18.2 Å². The zero-order valence-corrected chi connectivity index (χ0v) is 9.03. The molecule has 0 bridgehead atoms. The van der Waals surface area contributed by atoms with Crippen molar-refractivity contribution in [2.24, 2.45) is 0 Å². The van der Waals surface area contributed by atoms with E-state index in [1.165, 1.54) is 6.07 Å². The highest BCUT2D eigenvalue weighted by Crippen LogP contribution is 2.07. The minimum atomic E-state index is -0.384. The monoisotopic (exact) mass is 220 g/mol. The first-order chi connectivity index (χ1) is 7.63. The molecule has 1 atom stereocenters. The number of benzene rings is 1. The molecule has 1 aromatic rings. The first kappa shape index (κ1) is 12.2. The number of halogens is 1. The summed E-state index contributed by atoms with van der Waals surface area (Å²) in [6.07, 6.45) is 0.255. The van der Waals surface area contributed by atoms with Gasteiger partial charge in [0.1, 0.15) is 5.82 Å². The topological polar surface area (TPSA) is 52.9 Å². The third kappa shape index (κ3) is 3.70. The molecule has 0 saturated carbocycles. The summed E-state index contributed by atoms with van der Waals surface area (Å²) in [6, 6.07) is 7.91. The van der Waals surface area contributed by atoms with E-state index in [0.717, 1.165) is 0 Å². The second kappa shape index (κ2) is 5.86. The summed E-state index contributed by atoms with van der Waals surface area (Å²) in [6.45, 7) is 1.74. The summed E-state index contributed by atoms with van der Waals surface area (Å²) in [5.41, 5.74) is 0.365. The molecule has 0 aliphatic heterocycles. The van der Waals surface area contributed by atoms with E-state index in [0.29, 0.717) is 5.56 Å². The Balaban J connectivity index is 2.53. The van der Waals surface area contributed by atoms with Gasteiger partial charge in [0.05, 0.1) is 18.9 Å². The van der Waals surface area contributed by atoms with Gasteiger partial charge in [0.2, 0.25) is 5.91 Å². The van der Waals surface area contributed by atoms with Crippen molar-refractivity contribution in [3.63, 3.8) is 0 Å². The molecule has 1 aromatic carbocycles. The summed E-state index contributed by atoms with van der Waals surface area (Å²) in [5, 5.41) is 11.1. The van der Waals surface area contributed by atoms with Crippen LogP contribution in [0.3, 0.4) is 0 Å². The molecular weight excluding hydrogens is 207 g/mol. The van der Waals surface area contributed by atoms with Gasteiger partial charge in [0, 0.05) is 6.04 Å². The molecule has 1 rings (SSSR count). The lowest BCUT2D eigenvalue weighted by Gasteiger charge is -2.10. The van der Waals surface area contributed by atoms with Crippen LogP contribution >= 0.6 is 0 Å². The van der Waals surface area contributed by atoms with Crippen LogP contribution in [-0.4, -0.2) is 11.9 Å². The number of nitriles is 1. The van der Waals surface area contributed by atoms with E-state index in [2.05, 4.69) is 5.32 Å². The van der Waals surface area contributed by atoms with Crippen molar-refractivity contribution in [2.75, 3.05) is 0 Å². The third-order valence-electron chi connectivity index (χ3n) is 2.11. The van der Waals surface area contributed by atoms with Crippen LogP contribution < -0.4 is 5.32 Å². The largest absolute Gasteiger partial charge is 0.352 e. The second-order valence-electron chi connectivity index (χ2n) is 3.60. The number of carbonyl (C=O) groups excluding carboxylic acids is 1. The average Bonchev–Trinajstić information content (AvgIpc) is 2.21. The number of nitrogens with zero attached hydrogens (tertiary/aromatic N) is 1. The molecule has 1 N–H and O–H groups in total. The lowest BCUT2D eigenvalue weighted by Crippen LogP contribution is -2.33. The van der Waals surface area contributed by atoms with Crippen LogP contribution in [0, 0.1) is 17.1 Å². The van der Waals surface area contributed by atoms with Crippen LogP contribution in [-0.2, 0) is 11.2 Å². The molecule has 1 amide bonds. The highest BCUT2D eigenvalue weighted by Gasteiger charge is 2.09. The van der Waals surface area contributed by atoms with E-state index in [1.807, 2.05) is 6.07 Å². The minimum Gasteiger partial charge on any atom is -0.352 e. The van der Waals surface area contributed by atoms with Gasteiger partial charge in [-0.3, -0.25) is 4.79 Å². The average molecular weight is 220 g/mol. The van der Waals surface area contributed by atoms with E-state index >= 15 is 0 Å². The Labute approximate surface area is 93.9 Å². The summed E-state index contributed by atoms with van der Waals surface area (Å²) in [7, 11) is 0. The fourth-order valence-corrected chi connectivity index (χ4v) is 1.33. The molecule has 3 nitrogen and oxygen atoms in total. The van der Waals surface area contributed by atoms with Gasteiger partial charge < -0.3 is 5.32 Å². The maximum atomic E-state index is 13.2. The summed E-state index contributed by atoms with van der Waals surface area (Å²) < 4.78 is 13.2. The minimum absolute atomic E-state index is 0.00242. The van der Waals surface area contributed by atoms with Crippen molar-refractivity contribution in [1.29, 1.82) is 5.26 Å². The SMILES string of the molecule is CC(CC#N)NC(=O)Cc1ccccc1F. The van der Waals surface area contributed by atoms with E-state index in [4.69, 9.17) is 5.26 Å². The fourth-order valence-electron chi connectivity index (χ4n) is 1.33. The number of carbonyl (C=O) groups is 1. The van der Waals surface area contributed by atoms with Crippen LogP contribution in [0.2, 0.25) is 0 Å². The number of hydrogen-bond acceptors (Lipinski definition) is 2. The number of hydrogen-bond donors (Lipinski definition) is 1. The van der Waals surface area contributed by atoms with Gasteiger partial charge in [-0.25, -0.2) is 4.39 Å². The molecule has 0 heterocycles. The lowest BCUT2D eigenvalue weighted by molar-refractivity contribution is -0.121. The quantitative estimate of drug-likeness (QED) is 0.841. The fraction of sp³-hybridized carbons (Fsp3) is 0.333. The van der Waals surface area contributed by atoms with Gasteiger partial charge in [-0.05, 0) is 18.6 Å². The first-order valence-corrected chi connectivity index (χ1v) is 5.03. The van der Waals surface area contributed by atoms with Crippen LogP contribution in [0.4, 0.5) is 4.39 Å². The first-order valence-electron chi connectivity index (χ1n) is 5.03. The summed E-state index contributed by atoms with van der Waals surface area (Å²) >= 11 is 0. The molecule has 4 heteroatoms. The van der Waals surface area contributed by atoms with Crippen molar-refractivity contribution >= 4 is 5.91 Å². The Hall–Kier alpha value is -1.89. The summed E-state index contributed by atoms with van der Waals surface area (Å²) in [4.78, 5) is 11.5. The second-order valence-corrected chi connectivity index (χ2v) is 3.60. The zero-order chi connectivity index (χ0) is 12.0. The molecule has 0 aliphatic rings. The van der Waals surface area contributed by atoms with Gasteiger partial charge in [0.15, 0.2) is 0 Å². The van der Waals surface area contributed by atoms with E-state index in [9.17, 15) is 9.18 Å². The number of nitrogens with one attached hydrogen (secondary N) is 1. The van der Waals surface area contributed by atoms with Crippen molar-refractivity contribution in [2.45, 2.75) is 25.8 Å². The molecular formula is C12H13FN2O. The molecule has 84 valence electrons. The number of rotatable bonds is 4. The third-order valence-corrected chi connectivity index (χ3v) is 2.11. The molecule has 0 spiro atoms. The smallest absolute Gasteiger partial charge is 0.224 e. The maximum Gasteiger partial charge on any atom is 0.224 e. The Morgan fingerprint density at radius 2 is 2.25 bits per heavy atom. The molecule has 0 radical (unpaired) electrons. The lowest BCUT2D eigenvalue weighted by atomic mass is 10.1. The highest BCUT2D eigenvalue weighted by molar-refractivity contribution is 5.78. The Kier molecular flexibility index (Phi) is 4.46. The van der Waals surface area contributed by atoms with Gasteiger partial charge in [-0.2, -0.15) is 5.26 Å². The maximum absolute atomic E-state index is 13.2. The Bertz CT molecular complexity index is 412. The van der Waals surface area contributed by atoms with Crippen molar-refractivity contribution in [3.05, 3.63) is 35.6 Å².